The topological polar surface area (TPSA) is 57.6 Å². The van der Waals surface area contributed by atoms with Crippen LogP contribution in [0.4, 0.5) is 0 Å². The van der Waals surface area contributed by atoms with E-state index in [1.54, 1.807) is 24.0 Å². The van der Waals surface area contributed by atoms with Gasteiger partial charge in [-0.2, -0.15) is 0 Å². The summed E-state index contributed by atoms with van der Waals surface area (Å²) in [7, 11) is 0. The predicted molar refractivity (Wildman–Crippen MR) is 88.3 cm³/mol. The van der Waals surface area contributed by atoms with E-state index in [9.17, 15) is 9.59 Å². The number of carbonyl (C=O) groups excluding carboxylic acids is 1. The van der Waals surface area contributed by atoms with Gasteiger partial charge in [-0.15, -0.1) is 11.8 Å². The van der Waals surface area contributed by atoms with E-state index in [2.05, 4.69) is 0 Å². The Kier molecular flexibility index (Phi) is 5.75. The summed E-state index contributed by atoms with van der Waals surface area (Å²) in [5, 5.41) is 9.48. The highest BCUT2D eigenvalue weighted by Crippen LogP contribution is 2.32. The number of carbonyl (C=O) groups is 2. The number of nitrogens with zero attached hydrogens (tertiary/aromatic N) is 1. The Morgan fingerprint density at radius 1 is 1.32 bits per heavy atom. The zero-order valence-electron chi connectivity index (χ0n) is 12.7. The molecule has 0 aliphatic heterocycles. The minimum absolute atomic E-state index is 0.00977. The van der Waals surface area contributed by atoms with Gasteiger partial charge in [0.05, 0.1) is 11.2 Å². The third-order valence-electron chi connectivity index (χ3n) is 3.64. The molecular formula is C16H20ClNO3S. The maximum absolute atomic E-state index is 12.6. The molecule has 1 amide bonds. The van der Waals surface area contributed by atoms with Crippen LogP contribution in [0.5, 0.6) is 0 Å². The lowest BCUT2D eigenvalue weighted by Gasteiger charge is -2.27. The van der Waals surface area contributed by atoms with E-state index >= 15 is 0 Å². The molecule has 2 atom stereocenters. The first-order chi connectivity index (χ1) is 10.4. The van der Waals surface area contributed by atoms with Crippen LogP contribution >= 0.6 is 23.4 Å². The Labute approximate surface area is 139 Å². The molecule has 120 valence electrons. The fourth-order valence-electron chi connectivity index (χ4n) is 2.18. The van der Waals surface area contributed by atoms with Crippen molar-refractivity contribution in [2.45, 2.75) is 42.9 Å². The van der Waals surface area contributed by atoms with Gasteiger partial charge in [-0.25, -0.2) is 0 Å². The van der Waals surface area contributed by atoms with Crippen LogP contribution in [0.15, 0.2) is 29.2 Å². The third kappa shape index (κ3) is 4.65. The number of thioether (sulfide) groups is 1. The zero-order chi connectivity index (χ0) is 16.3. The number of amides is 1. The molecule has 1 aromatic rings. The maximum Gasteiger partial charge on any atom is 0.308 e. The van der Waals surface area contributed by atoms with Gasteiger partial charge in [0, 0.05) is 22.5 Å². The Hall–Kier alpha value is -1.20. The molecule has 0 saturated heterocycles. The van der Waals surface area contributed by atoms with Gasteiger partial charge in [0.15, 0.2) is 0 Å². The van der Waals surface area contributed by atoms with Crippen molar-refractivity contribution in [2.24, 2.45) is 5.92 Å². The number of carboxylic acids is 1. The predicted octanol–water partition coefficient (Wildman–Crippen LogP) is 3.53. The first-order valence-electron chi connectivity index (χ1n) is 7.34. The molecule has 1 aromatic carbocycles. The molecule has 6 heteroatoms. The Balaban J connectivity index is 1.99. The quantitative estimate of drug-likeness (QED) is 0.771. The lowest BCUT2D eigenvalue weighted by atomic mass is 10.1. The summed E-state index contributed by atoms with van der Waals surface area (Å²) in [6, 6.07) is 7.58. The van der Waals surface area contributed by atoms with E-state index < -0.39 is 11.9 Å². The molecule has 2 unspecified atom stereocenters. The minimum atomic E-state index is -0.864. The van der Waals surface area contributed by atoms with E-state index in [4.69, 9.17) is 16.7 Å². The molecule has 0 aromatic heterocycles. The SMILES string of the molecule is CC(CN(C(=O)C(C)Sc1ccc(Cl)cc1)C1CC1)C(=O)O. The number of carboxylic acid groups (broad SMARTS) is 1. The molecule has 22 heavy (non-hydrogen) atoms. The highest BCUT2D eigenvalue weighted by molar-refractivity contribution is 8.00. The lowest BCUT2D eigenvalue weighted by Crippen LogP contribution is -2.42. The van der Waals surface area contributed by atoms with Crippen LogP contribution in [0.3, 0.4) is 0 Å². The second kappa shape index (κ2) is 7.38. The first-order valence-corrected chi connectivity index (χ1v) is 8.59. The Morgan fingerprint density at radius 3 is 2.41 bits per heavy atom. The number of rotatable bonds is 7. The molecule has 1 N–H and O–H groups in total. The van der Waals surface area contributed by atoms with Gasteiger partial charge in [0.1, 0.15) is 0 Å². The van der Waals surface area contributed by atoms with Crippen molar-refractivity contribution in [3.05, 3.63) is 29.3 Å². The fraction of sp³-hybridized carbons (Fsp3) is 0.500. The van der Waals surface area contributed by atoms with Gasteiger partial charge in [-0.05, 0) is 44.0 Å². The van der Waals surface area contributed by atoms with Crippen LogP contribution in [0.1, 0.15) is 26.7 Å². The van der Waals surface area contributed by atoms with Crippen molar-refractivity contribution in [1.29, 1.82) is 0 Å². The molecule has 0 radical (unpaired) electrons. The normalized spacial score (nSPS) is 16.9. The number of hydrogen-bond acceptors (Lipinski definition) is 3. The summed E-state index contributed by atoms with van der Waals surface area (Å²) >= 11 is 7.33. The molecule has 1 fully saturated rings. The highest BCUT2D eigenvalue weighted by atomic mass is 35.5. The van der Waals surface area contributed by atoms with E-state index in [0.717, 1.165) is 17.7 Å². The molecule has 2 rings (SSSR count). The largest absolute Gasteiger partial charge is 0.481 e. The van der Waals surface area contributed by atoms with E-state index in [1.165, 1.54) is 11.8 Å². The summed E-state index contributed by atoms with van der Waals surface area (Å²) < 4.78 is 0. The lowest BCUT2D eigenvalue weighted by molar-refractivity contribution is -0.143. The maximum atomic E-state index is 12.6. The van der Waals surface area contributed by atoms with Crippen LogP contribution in [0.2, 0.25) is 5.02 Å². The summed E-state index contributed by atoms with van der Waals surface area (Å²) in [5.74, 6) is -1.40. The van der Waals surface area contributed by atoms with Gasteiger partial charge < -0.3 is 10.0 Å². The Bertz CT molecular complexity index is 545. The summed E-state index contributed by atoms with van der Waals surface area (Å²) in [4.78, 5) is 26.4. The average Bonchev–Trinajstić information content (AvgIpc) is 3.30. The van der Waals surface area contributed by atoms with Crippen molar-refractivity contribution < 1.29 is 14.7 Å². The van der Waals surface area contributed by atoms with Gasteiger partial charge in [0.2, 0.25) is 5.91 Å². The molecular weight excluding hydrogens is 322 g/mol. The van der Waals surface area contributed by atoms with Crippen LogP contribution in [0, 0.1) is 5.92 Å². The number of halogens is 1. The van der Waals surface area contributed by atoms with Crippen LogP contribution in [0.25, 0.3) is 0 Å². The van der Waals surface area contributed by atoms with E-state index in [-0.39, 0.29) is 23.7 Å². The molecule has 1 saturated carbocycles. The number of aliphatic carboxylic acids is 1. The second-order valence-electron chi connectivity index (χ2n) is 5.68. The second-order valence-corrected chi connectivity index (χ2v) is 7.53. The smallest absolute Gasteiger partial charge is 0.308 e. The van der Waals surface area contributed by atoms with Crippen molar-refractivity contribution in [3.8, 4) is 0 Å². The van der Waals surface area contributed by atoms with Gasteiger partial charge in [-0.1, -0.05) is 18.5 Å². The zero-order valence-corrected chi connectivity index (χ0v) is 14.2. The van der Waals surface area contributed by atoms with Gasteiger partial charge in [-0.3, -0.25) is 9.59 Å². The molecule has 1 aliphatic rings. The monoisotopic (exact) mass is 341 g/mol. The van der Waals surface area contributed by atoms with Crippen LogP contribution in [-0.2, 0) is 9.59 Å². The molecule has 1 aliphatic carbocycles. The van der Waals surface area contributed by atoms with E-state index in [1.807, 2.05) is 19.1 Å². The molecule has 4 nitrogen and oxygen atoms in total. The van der Waals surface area contributed by atoms with Crippen LogP contribution in [-0.4, -0.2) is 39.7 Å². The van der Waals surface area contributed by atoms with Crippen molar-refractivity contribution >= 4 is 35.2 Å². The van der Waals surface area contributed by atoms with Crippen molar-refractivity contribution in [1.82, 2.24) is 4.90 Å². The minimum Gasteiger partial charge on any atom is -0.481 e. The van der Waals surface area contributed by atoms with Crippen molar-refractivity contribution in [2.75, 3.05) is 6.54 Å². The Morgan fingerprint density at radius 2 is 1.91 bits per heavy atom. The van der Waals surface area contributed by atoms with Crippen molar-refractivity contribution in [3.63, 3.8) is 0 Å². The summed E-state index contributed by atoms with van der Waals surface area (Å²) in [6.07, 6.45) is 1.94. The third-order valence-corrected chi connectivity index (χ3v) is 4.99. The molecule has 0 bridgehead atoms. The average molecular weight is 342 g/mol. The molecule has 0 spiro atoms. The summed E-state index contributed by atoms with van der Waals surface area (Å²) in [6.45, 7) is 3.79. The van der Waals surface area contributed by atoms with E-state index in [0.29, 0.717) is 5.02 Å². The standard InChI is InChI=1S/C16H20ClNO3S/c1-10(16(20)21)9-18(13-5-6-13)15(19)11(2)22-14-7-3-12(17)4-8-14/h3-4,7-8,10-11,13H,5-6,9H2,1-2H3,(H,20,21). The molecule has 0 heterocycles. The van der Waals surface area contributed by atoms with Crippen LogP contribution < -0.4 is 0 Å². The number of benzene rings is 1. The van der Waals surface area contributed by atoms with Gasteiger partial charge in [0.25, 0.3) is 0 Å². The first kappa shape index (κ1) is 17.2. The highest BCUT2D eigenvalue weighted by Gasteiger charge is 2.36. The number of hydrogen-bond donors (Lipinski definition) is 1. The summed E-state index contributed by atoms with van der Waals surface area (Å²) in [5.41, 5.74) is 0. The fourth-order valence-corrected chi connectivity index (χ4v) is 3.24. The van der Waals surface area contributed by atoms with Gasteiger partial charge >= 0.3 is 5.97 Å².